The maximum atomic E-state index is 3.78. The summed E-state index contributed by atoms with van der Waals surface area (Å²) in [5, 5.41) is 3.78. The third-order valence-electron chi connectivity index (χ3n) is 3.54. The molecule has 1 aromatic heterocycles. The third kappa shape index (κ3) is 4.09. The predicted octanol–water partition coefficient (Wildman–Crippen LogP) is 2.67. The van der Waals surface area contributed by atoms with Gasteiger partial charge in [-0.25, -0.2) is 0 Å². The number of nitrogens with one attached hydrogen (secondary N) is 1. The predicted molar refractivity (Wildman–Crippen MR) is 75.9 cm³/mol. The van der Waals surface area contributed by atoms with Crippen LogP contribution >= 0.6 is 11.3 Å². The molecule has 1 fully saturated rings. The zero-order chi connectivity index (χ0) is 12.3. The van der Waals surface area contributed by atoms with Crippen molar-refractivity contribution >= 4 is 11.3 Å². The first-order valence-corrected chi connectivity index (χ1v) is 7.45. The highest BCUT2D eigenvalue weighted by Gasteiger charge is 2.18. The lowest BCUT2D eigenvalue weighted by Gasteiger charge is -2.31. The van der Waals surface area contributed by atoms with Crippen molar-refractivity contribution in [3.8, 4) is 0 Å². The fourth-order valence-corrected chi connectivity index (χ4v) is 3.55. The summed E-state index contributed by atoms with van der Waals surface area (Å²) in [6.07, 6.45) is 3.76. The van der Waals surface area contributed by atoms with Gasteiger partial charge in [0.1, 0.15) is 0 Å². The molecule has 1 unspecified atom stereocenters. The van der Waals surface area contributed by atoms with E-state index in [1.54, 1.807) is 0 Å². The Morgan fingerprint density at radius 3 is 2.71 bits per heavy atom. The van der Waals surface area contributed by atoms with Crippen LogP contribution in [0.5, 0.6) is 0 Å². The molecule has 0 bridgehead atoms. The lowest BCUT2D eigenvalue weighted by molar-refractivity contribution is 0.226. The molecule has 2 heterocycles. The minimum Gasteiger partial charge on any atom is -0.311 e. The third-order valence-corrected chi connectivity index (χ3v) is 4.57. The Bertz CT molecular complexity index is 340. The van der Waals surface area contributed by atoms with Gasteiger partial charge in [0, 0.05) is 21.8 Å². The summed E-state index contributed by atoms with van der Waals surface area (Å²) < 4.78 is 0. The highest BCUT2D eigenvalue weighted by atomic mass is 32.1. The number of piperidine rings is 1. The van der Waals surface area contributed by atoms with Crippen LogP contribution in [0.3, 0.4) is 0 Å². The summed E-state index contributed by atoms with van der Waals surface area (Å²) >= 11 is 1.93. The molecule has 0 saturated carbocycles. The van der Waals surface area contributed by atoms with E-state index in [4.69, 9.17) is 0 Å². The smallest absolute Gasteiger partial charge is 0.00940 e. The highest BCUT2D eigenvalue weighted by molar-refractivity contribution is 7.11. The van der Waals surface area contributed by atoms with E-state index in [-0.39, 0.29) is 0 Å². The molecule has 1 atom stereocenters. The molecule has 17 heavy (non-hydrogen) atoms. The molecule has 3 heteroatoms. The van der Waals surface area contributed by atoms with Crippen molar-refractivity contribution in [2.45, 2.75) is 45.2 Å². The second-order valence-corrected chi connectivity index (χ2v) is 6.73. The second kappa shape index (κ2) is 5.98. The maximum absolute atomic E-state index is 3.78. The average molecular weight is 252 g/mol. The summed E-state index contributed by atoms with van der Waals surface area (Å²) in [5.41, 5.74) is 0. The molecular formula is C14H24N2S. The number of thiophene rings is 1. The van der Waals surface area contributed by atoms with Gasteiger partial charge in [0.15, 0.2) is 0 Å². The fraction of sp³-hybridized carbons (Fsp3) is 0.714. The molecule has 1 N–H and O–H groups in total. The second-order valence-electron chi connectivity index (χ2n) is 5.36. The van der Waals surface area contributed by atoms with Crippen molar-refractivity contribution in [3.63, 3.8) is 0 Å². The number of nitrogens with zero attached hydrogens (tertiary/aromatic N) is 1. The topological polar surface area (TPSA) is 15.3 Å². The molecule has 1 aliphatic rings. The summed E-state index contributed by atoms with van der Waals surface area (Å²) in [5.74, 6) is 0. The number of likely N-dealkylation sites (tertiary alicyclic amines) is 1. The van der Waals surface area contributed by atoms with E-state index in [0.717, 1.165) is 6.04 Å². The highest BCUT2D eigenvalue weighted by Crippen LogP contribution is 2.17. The van der Waals surface area contributed by atoms with Crippen molar-refractivity contribution in [3.05, 3.63) is 21.9 Å². The van der Waals surface area contributed by atoms with Gasteiger partial charge in [-0.1, -0.05) is 0 Å². The molecule has 0 aliphatic carbocycles. The zero-order valence-corrected chi connectivity index (χ0v) is 12.0. The van der Waals surface area contributed by atoms with E-state index < -0.39 is 0 Å². The van der Waals surface area contributed by atoms with Crippen LogP contribution in [0.2, 0.25) is 0 Å². The van der Waals surface area contributed by atoms with Gasteiger partial charge in [-0.3, -0.25) is 0 Å². The normalized spacial score (nSPS) is 20.6. The van der Waals surface area contributed by atoms with Crippen LogP contribution in [0.4, 0.5) is 0 Å². The lowest BCUT2D eigenvalue weighted by atomic mass is 10.0. The van der Waals surface area contributed by atoms with Crippen LogP contribution in [-0.4, -0.2) is 37.1 Å². The van der Waals surface area contributed by atoms with E-state index in [9.17, 15) is 0 Å². The van der Waals surface area contributed by atoms with Crippen LogP contribution in [0, 0.1) is 6.92 Å². The summed E-state index contributed by atoms with van der Waals surface area (Å²) in [4.78, 5) is 5.35. The lowest BCUT2D eigenvalue weighted by Crippen LogP contribution is -2.44. The van der Waals surface area contributed by atoms with Crippen LogP contribution in [0.25, 0.3) is 0 Å². The van der Waals surface area contributed by atoms with Gasteiger partial charge < -0.3 is 10.2 Å². The molecule has 2 nitrogen and oxygen atoms in total. The van der Waals surface area contributed by atoms with Gasteiger partial charge in [-0.2, -0.15) is 0 Å². The van der Waals surface area contributed by atoms with E-state index in [0.29, 0.717) is 6.04 Å². The molecule has 96 valence electrons. The number of aryl methyl sites for hydroxylation is 1. The van der Waals surface area contributed by atoms with Crippen molar-refractivity contribution in [2.24, 2.45) is 0 Å². The number of hydrogen-bond acceptors (Lipinski definition) is 3. The first-order chi connectivity index (χ1) is 8.13. The molecule has 0 radical (unpaired) electrons. The van der Waals surface area contributed by atoms with Gasteiger partial charge in [0.05, 0.1) is 0 Å². The molecule has 2 rings (SSSR count). The van der Waals surface area contributed by atoms with Crippen LogP contribution in [0.1, 0.15) is 29.5 Å². The van der Waals surface area contributed by atoms with Crippen molar-refractivity contribution in [2.75, 3.05) is 20.1 Å². The molecular weight excluding hydrogens is 228 g/mol. The van der Waals surface area contributed by atoms with Gasteiger partial charge >= 0.3 is 0 Å². The Hall–Kier alpha value is -0.380. The quantitative estimate of drug-likeness (QED) is 0.886. The fourth-order valence-electron chi connectivity index (χ4n) is 2.53. The van der Waals surface area contributed by atoms with Crippen molar-refractivity contribution in [1.82, 2.24) is 10.2 Å². The van der Waals surface area contributed by atoms with Crippen LogP contribution < -0.4 is 5.32 Å². The Labute approximate surface area is 109 Å². The minimum absolute atomic E-state index is 0.599. The number of rotatable bonds is 4. The molecule has 0 amide bonds. The zero-order valence-electron chi connectivity index (χ0n) is 11.2. The molecule has 1 aromatic rings. The van der Waals surface area contributed by atoms with Gasteiger partial charge in [0.25, 0.3) is 0 Å². The van der Waals surface area contributed by atoms with E-state index in [2.05, 4.69) is 43.2 Å². The van der Waals surface area contributed by atoms with Crippen LogP contribution in [0.15, 0.2) is 12.1 Å². The average Bonchev–Trinajstić information content (AvgIpc) is 2.67. The van der Waals surface area contributed by atoms with Crippen LogP contribution in [-0.2, 0) is 6.42 Å². The largest absolute Gasteiger partial charge is 0.311 e. The summed E-state index contributed by atoms with van der Waals surface area (Å²) in [6.45, 7) is 6.97. The van der Waals surface area contributed by atoms with Gasteiger partial charge in [-0.05, 0) is 65.4 Å². The molecule has 1 aliphatic heterocycles. The van der Waals surface area contributed by atoms with E-state index in [1.807, 2.05) is 11.3 Å². The van der Waals surface area contributed by atoms with Gasteiger partial charge in [0.2, 0.25) is 0 Å². The summed E-state index contributed by atoms with van der Waals surface area (Å²) in [6, 6.07) is 5.82. The first kappa shape index (κ1) is 13.1. The van der Waals surface area contributed by atoms with Crippen molar-refractivity contribution in [1.29, 1.82) is 0 Å². The molecule has 1 saturated heterocycles. The minimum atomic E-state index is 0.599. The SMILES string of the molecule is Cc1ccc(CC(C)NC2CCN(C)CC2)s1. The summed E-state index contributed by atoms with van der Waals surface area (Å²) in [7, 11) is 2.22. The van der Waals surface area contributed by atoms with E-state index in [1.165, 1.54) is 42.1 Å². The first-order valence-electron chi connectivity index (χ1n) is 6.63. The Morgan fingerprint density at radius 1 is 1.41 bits per heavy atom. The Kier molecular flexibility index (Phi) is 4.60. The van der Waals surface area contributed by atoms with E-state index >= 15 is 0 Å². The Balaban J connectivity index is 1.75. The van der Waals surface area contributed by atoms with Gasteiger partial charge in [-0.15, -0.1) is 11.3 Å². The standard InChI is InChI=1S/C14H24N2S/c1-11(10-14-5-4-12(2)17-14)15-13-6-8-16(3)9-7-13/h4-5,11,13,15H,6-10H2,1-3H3. The molecule has 0 aromatic carbocycles. The Morgan fingerprint density at radius 2 is 2.12 bits per heavy atom. The van der Waals surface area contributed by atoms with Crippen molar-refractivity contribution < 1.29 is 0 Å². The number of hydrogen-bond donors (Lipinski definition) is 1. The maximum Gasteiger partial charge on any atom is 0.00940 e. The molecule has 0 spiro atoms. The monoisotopic (exact) mass is 252 g/mol.